The molecule has 8 heteroatoms. The van der Waals surface area contributed by atoms with E-state index in [4.69, 9.17) is 39.9 Å². The van der Waals surface area contributed by atoms with E-state index in [0.717, 1.165) is 220 Å². The number of nitrogens with zero attached hydrogens (tertiary/aromatic N) is 8. The number of pyridine rings is 8. The lowest BCUT2D eigenvalue weighted by atomic mass is 9.88. The molecule has 0 N–H and O–H groups in total. The van der Waals surface area contributed by atoms with E-state index in [2.05, 4.69) is 376 Å². The van der Waals surface area contributed by atoms with Gasteiger partial charge in [0.15, 0.2) is 0 Å². The second-order valence-corrected chi connectivity index (χ2v) is 30.4. The van der Waals surface area contributed by atoms with Crippen LogP contribution < -0.4 is 0 Å². The van der Waals surface area contributed by atoms with Crippen LogP contribution in [-0.2, 0) is 0 Å². The predicted molar refractivity (Wildman–Crippen MR) is 492 cm³/mol. The van der Waals surface area contributed by atoms with E-state index in [-0.39, 0.29) is 0 Å². The quantitative estimate of drug-likeness (QED) is 0.104. The van der Waals surface area contributed by atoms with Gasteiger partial charge in [-0.1, -0.05) is 315 Å². The Kier molecular flexibility index (Phi) is 16.1. The molecule has 0 aliphatic rings. The van der Waals surface area contributed by atoms with E-state index in [1.165, 1.54) is 21.9 Å². The standard InChI is InChI=1S/C56H34N4.C54H32N4/c1-3-11-35(12-4-1)41-23-19-37-25-29-48(57-51(37)33-41)42-24-20-38-26-31-49(58-52(38)34-42)53-43-15-7-9-17-45(43)54(46-18-10-8-16-44(46)53)50-32-28-40-22-21-39-27-30-47(36-13-5-2-6-14-36)59-55(39)56(40)60-50;1-2-9-38-30-39(20-15-33(38)8-1)40-21-16-34-23-26-46(56-49(34)31-40)41-22-17-35-24-27-47(57-50(35)32-41)51-42-11-3-5-13-44(42)52(45-14-6-4-12-43(45)51)48-28-25-37-19-18-36-10-7-29-55-53(36)54(37)58-48/h1-34H;1-32H. The highest BCUT2D eigenvalue weighted by Crippen LogP contribution is 2.47. The summed E-state index contributed by atoms with van der Waals surface area (Å²) >= 11 is 0. The molecule has 16 aromatic carbocycles. The molecule has 0 saturated carbocycles. The summed E-state index contributed by atoms with van der Waals surface area (Å²) in [4.78, 5) is 41.9. The SMILES string of the molecule is c1ccc(-c2ccc3ccc(-c4ccc5ccc(-c6c7ccccc7c(-c7ccc8ccc9ccc(-c%10ccccc%10)nc9c8n7)c7ccccc67)nc5c4)nc3c2)cc1.c1ccc2cc(-c3ccc4ccc(-c5ccc6ccc(-c7c8ccccc8c(-c8ccc9ccc%10cccnc%10c9n8)c8ccccc78)nc6c5)nc4c3)ccc2c1. The van der Waals surface area contributed by atoms with E-state index in [0.29, 0.717) is 0 Å². The highest BCUT2D eigenvalue weighted by atomic mass is 14.8. The van der Waals surface area contributed by atoms with Gasteiger partial charge in [-0.25, -0.2) is 34.9 Å². The first kappa shape index (κ1) is 67.8. The minimum atomic E-state index is 0.893. The molecule has 8 heterocycles. The van der Waals surface area contributed by atoms with Crippen LogP contribution in [0.4, 0.5) is 0 Å². The highest BCUT2D eigenvalue weighted by Gasteiger charge is 2.23. The lowest BCUT2D eigenvalue weighted by Gasteiger charge is -2.17. The minimum absolute atomic E-state index is 0.893. The van der Waals surface area contributed by atoms with Gasteiger partial charge in [-0.2, -0.15) is 0 Å². The zero-order chi connectivity index (χ0) is 77.7. The van der Waals surface area contributed by atoms with Crippen molar-refractivity contribution in [2.24, 2.45) is 0 Å². The second-order valence-electron chi connectivity index (χ2n) is 30.4. The summed E-state index contributed by atoms with van der Waals surface area (Å²) in [7, 11) is 0. The van der Waals surface area contributed by atoms with Crippen molar-refractivity contribution in [3.8, 4) is 101 Å². The van der Waals surface area contributed by atoms with E-state index in [9.17, 15) is 0 Å². The summed E-state index contributed by atoms with van der Waals surface area (Å²) in [5, 5.41) is 20.2. The van der Waals surface area contributed by atoms with Crippen LogP contribution in [0.15, 0.2) is 401 Å². The van der Waals surface area contributed by atoms with Crippen molar-refractivity contribution in [1.29, 1.82) is 0 Å². The Morgan fingerprint density at radius 1 is 0.136 bits per heavy atom. The smallest absolute Gasteiger partial charge is 0.0972 e. The molecule has 0 bridgehead atoms. The van der Waals surface area contributed by atoms with Crippen molar-refractivity contribution in [2.45, 2.75) is 0 Å². The lowest BCUT2D eigenvalue weighted by Crippen LogP contribution is -1.95. The zero-order valence-electron chi connectivity index (χ0n) is 63.7. The molecule has 8 nitrogen and oxygen atoms in total. The van der Waals surface area contributed by atoms with Gasteiger partial charge in [0.2, 0.25) is 0 Å². The van der Waals surface area contributed by atoms with Crippen LogP contribution in [0.3, 0.4) is 0 Å². The molecule has 0 atom stereocenters. The molecular weight excluding hydrogens is 1430 g/mol. The maximum absolute atomic E-state index is 5.45. The Morgan fingerprint density at radius 3 is 0.814 bits per heavy atom. The average molecular weight is 1500 g/mol. The Balaban J connectivity index is 0.000000138. The van der Waals surface area contributed by atoms with Crippen LogP contribution in [0.1, 0.15) is 0 Å². The van der Waals surface area contributed by atoms with E-state index < -0.39 is 0 Å². The molecule has 0 aliphatic carbocycles. The molecule has 118 heavy (non-hydrogen) atoms. The van der Waals surface area contributed by atoms with Gasteiger partial charge in [-0.05, 0) is 155 Å². The molecular formula is C110H66N8. The molecule has 24 rings (SSSR count). The van der Waals surface area contributed by atoms with Crippen LogP contribution in [0.2, 0.25) is 0 Å². The predicted octanol–water partition coefficient (Wildman–Crippen LogP) is 28.5. The molecule has 546 valence electrons. The third-order valence-electron chi connectivity index (χ3n) is 23.5. The molecule has 0 amide bonds. The average Bonchev–Trinajstić information content (AvgIpc) is 0.731. The number of fused-ring (bicyclic) bond motifs is 15. The first-order valence-electron chi connectivity index (χ1n) is 39.9. The van der Waals surface area contributed by atoms with Crippen LogP contribution in [0, 0.1) is 0 Å². The van der Waals surface area contributed by atoms with E-state index in [1.54, 1.807) is 0 Å². The topological polar surface area (TPSA) is 103 Å². The van der Waals surface area contributed by atoms with Gasteiger partial charge in [0.1, 0.15) is 0 Å². The molecule has 0 unspecified atom stereocenters. The Labute approximate surface area is 678 Å². The summed E-state index contributed by atoms with van der Waals surface area (Å²) in [5.74, 6) is 0. The minimum Gasteiger partial charge on any atom is -0.254 e. The summed E-state index contributed by atoms with van der Waals surface area (Å²) < 4.78 is 0. The number of rotatable bonds is 9. The normalized spacial score (nSPS) is 11.7. The van der Waals surface area contributed by atoms with Gasteiger partial charge in [0.05, 0.1) is 84.0 Å². The molecule has 0 saturated heterocycles. The van der Waals surface area contributed by atoms with Gasteiger partial charge in [0, 0.05) is 88.2 Å². The van der Waals surface area contributed by atoms with Gasteiger partial charge < -0.3 is 0 Å². The van der Waals surface area contributed by atoms with Gasteiger partial charge in [-0.15, -0.1) is 0 Å². The fourth-order valence-electron chi connectivity index (χ4n) is 17.6. The molecule has 0 radical (unpaired) electrons. The van der Waals surface area contributed by atoms with Crippen molar-refractivity contribution in [3.05, 3.63) is 401 Å². The van der Waals surface area contributed by atoms with Crippen LogP contribution in [-0.4, -0.2) is 39.9 Å². The van der Waals surface area contributed by atoms with E-state index >= 15 is 0 Å². The number of hydrogen-bond acceptors (Lipinski definition) is 8. The van der Waals surface area contributed by atoms with E-state index in [1.807, 2.05) is 24.4 Å². The Hall–Kier alpha value is -15.9. The fourth-order valence-corrected chi connectivity index (χ4v) is 17.6. The molecule has 8 aromatic heterocycles. The Bertz CT molecular complexity index is 8160. The molecule has 0 aliphatic heterocycles. The van der Waals surface area contributed by atoms with Crippen molar-refractivity contribution in [2.75, 3.05) is 0 Å². The molecule has 0 fully saturated rings. The maximum atomic E-state index is 5.45. The van der Waals surface area contributed by atoms with Crippen molar-refractivity contribution >= 4 is 141 Å². The first-order chi connectivity index (χ1) is 58.4. The summed E-state index contributed by atoms with van der Waals surface area (Å²) in [6.07, 6.45) is 1.84. The van der Waals surface area contributed by atoms with Gasteiger partial charge in [0.25, 0.3) is 0 Å². The highest BCUT2D eigenvalue weighted by molar-refractivity contribution is 6.23. The zero-order valence-corrected chi connectivity index (χ0v) is 63.7. The second kappa shape index (κ2) is 28.0. The summed E-state index contributed by atoms with van der Waals surface area (Å²) in [6.45, 7) is 0. The fraction of sp³-hybridized carbons (Fsp3) is 0. The van der Waals surface area contributed by atoms with Crippen LogP contribution in [0.25, 0.3) is 242 Å². The maximum Gasteiger partial charge on any atom is 0.0972 e. The van der Waals surface area contributed by atoms with Crippen molar-refractivity contribution in [3.63, 3.8) is 0 Å². The molecule has 0 spiro atoms. The monoisotopic (exact) mass is 1500 g/mol. The number of benzene rings is 16. The molecule has 24 aromatic rings. The number of hydrogen-bond donors (Lipinski definition) is 0. The van der Waals surface area contributed by atoms with Gasteiger partial charge >= 0.3 is 0 Å². The first-order valence-corrected chi connectivity index (χ1v) is 39.9. The third-order valence-corrected chi connectivity index (χ3v) is 23.5. The van der Waals surface area contributed by atoms with Crippen molar-refractivity contribution in [1.82, 2.24) is 39.9 Å². The third kappa shape index (κ3) is 11.8. The summed E-state index contributed by atoms with van der Waals surface area (Å²) in [6, 6.07) is 139. The summed E-state index contributed by atoms with van der Waals surface area (Å²) in [5.41, 5.74) is 26.1. The lowest BCUT2D eigenvalue weighted by molar-refractivity contribution is 1.37. The number of aromatic nitrogens is 8. The van der Waals surface area contributed by atoms with Crippen molar-refractivity contribution < 1.29 is 0 Å². The van der Waals surface area contributed by atoms with Crippen LogP contribution >= 0.6 is 0 Å². The Morgan fingerprint density at radius 2 is 0.390 bits per heavy atom. The largest absolute Gasteiger partial charge is 0.254 e. The van der Waals surface area contributed by atoms with Crippen LogP contribution in [0.5, 0.6) is 0 Å². The van der Waals surface area contributed by atoms with Gasteiger partial charge in [-0.3, -0.25) is 4.98 Å².